The predicted octanol–water partition coefficient (Wildman–Crippen LogP) is 0.0852. The minimum Gasteiger partial charge on any atom is -0.398 e. The molecule has 13 heavy (non-hydrogen) atoms. The third kappa shape index (κ3) is 2.66. The van der Waals surface area contributed by atoms with Crippen LogP contribution in [0.25, 0.3) is 0 Å². The number of nitrogens with two attached hydrogens (primary N) is 1. The average molecular weight is 221 g/mol. The number of hydrogen-bond donors (Lipinski definition) is 2. The van der Waals surface area contributed by atoms with E-state index in [0.717, 1.165) is 11.3 Å². The molecule has 0 aromatic carbocycles. The SMILES string of the molecule is CN(C)NS(=O)(=O)c1cc(N)cs1. The van der Waals surface area contributed by atoms with Crippen molar-refractivity contribution in [2.75, 3.05) is 19.8 Å². The molecule has 0 unspecified atom stereocenters. The lowest BCUT2D eigenvalue weighted by molar-refractivity contribution is 0.364. The lowest BCUT2D eigenvalue weighted by Crippen LogP contribution is -2.35. The first-order valence-electron chi connectivity index (χ1n) is 3.45. The molecule has 74 valence electrons. The summed E-state index contributed by atoms with van der Waals surface area (Å²) in [7, 11) is -0.213. The molecule has 1 aromatic rings. The number of nitrogen functional groups attached to an aromatic ring is 1. The van der Waals surface area contributed by atoms with Crippen LogP contribution in [-0.4, -0.2) is 27.5 Å². The zero-order valence-corrected chi connectivity index (χ0v) is 8.95. The first kappa shape index (κ1) is 10.5. The number of sulfonamides is 1. The van der Waals surface area contributed by atoms with Crippen molar-refractivity contribution < 1.29 is 8.42 Å². The highest BCUT2D eigenvalue weighted by Crippen LogP contribution is 2.21. The summed E-state index contributed by atoms with van der Waals surface area (Å²) in [4.78, 5) is 2.31. The Morgan fingerprint density at radius 3 is 2.54 bits per heavy atom. The van der Waals surface area contributed by atoms with E-state index < -0.39 is 10.0 Å². The predicted molar refractivity (Wildman–Crippen MR) is 52.7 cm³/mol. The van der Waals surface area contributed by atoms with Gasteiger partial charge in [-0.15, -0.1) is 16.2 Å². The van der Waals surface area contributed by atoms with E-state index in [1.165, 1.54) is 11.1 Å². The summed E-state index contributed by atoms with van der Waals surface area (Å²) < 4.78 is 23.1. The summed E-state index contributed by atoms with van der Waals surface area (Å²) in [5.41, 5.74) is 5.87. The molecule has 0 fully saturated rings. The quantitative estimate of drug-likeness (QED) is 0.709. The van der Waals surface area contributed by atoms with Crippen molar-refractivity contribution in [3.8, 4) is 0 Å². The van der Waals surface area contributed by atoms with Crippen LogP contribution in [0.4, 0.5) is 5.69 Å². The highest BCUT2D eigenvalue weighted by Gasteiger charge is 2.16. The zero-order valence-electron chi connectivity index (χ0n) is 7.31. The minimum absolute atomic E-state index is 0.221. The lowest BCUT2D eigenvalue weighted by Gasteiger charge is -2.10. The van der Waals surface area contributed by atoms with Gasteiger partial charge in [-0.1, -0.05) is 0 Å². The molecule has 0 saturated heterocycles. The fraction of sp³-hybridized carbons (Fsp3) is 0.333. The van der Waals surface area contributed by atoms with Gasteiger partial charge >= 0.3 is 0 Å². The number of anilines is 1. The van der Waals surface area contributed by atoms with Crippen LogP contribution in [0.3, 0.4) is 0 Å². The third-order valence-corrected chi connectivity index (χ3v) is 4.10. The number of rotatable bonds is 3. The Bertz CT molecular complexity index is 382. The third-order valence-electron chi connectivity index (χ3n) is 1.16. The smallest absolute Gasteiger partial charge is 0.262 e. The van der Waals surface area contributed by atoms with Gasteiger partial charge in [-0.25, -0.2) is 13.4 Å². The van der Waals surface area contributed by atoms with Gasteiger partial charge in [0.15, 0.2) is 0 Å². The van der Waals surface area contributed by atoms with E-state index in [4.69, 9.17) is 5.73 Å². The molecule has 0 spiro atoms. The van der Waals surface area contributed by atoms with E-state index in [1.54, 1.807) is 19.5 Å². The first-order valence-corrected chi connectivity index (χ1v) is 5.82. The topological polar surface area (TPSA) is 75.4 Å². The maximum Gasteiger partial charge on any atom is 0.262 e. The highest BCUT2D eigenvalue weighted by molar-refractivity contribution is 7.91. The minimum atomic E-state index is -3.42. The number of nitrogens with zero attached hydrogens (tertiary/aromatic N) is 1. The Morgan fingerprint density at radius 2 is 2.15 bits per heavy atom. The molecule has 0 saturated carbocycles. The number of hydrogen-bond acceptors (Lipinski definition) is 5. The summed E-state index contributed by atoms with van der Waals surface area (Å²) in [6.45, 7) is 0. The standard InChI is InChI=1S/C6H11N3O2S2/c1-9(2)8-13(10,11)6-3-5(7)4-12-6/h3-4,8H,7H2,1-2H3. The van der Waals surface area contributed by atoms with Crippen molar-refractivity contribution in [2.45, 2.75) is 4.21 Å². The Morgan fingerprint density at radius 1 is 1.54 bits per heavy atom. The zero-order chi connectivity index (χ0) is 10.1. The van der Waals surface area contributed by atoms with Gasteiger partial charge in [-0.2, -0.15) is 0 Å². The van der Waals surface area contributed by atoms with Crippen LogP contribution < -0.4 is 10.6 Å². The molecule has 7 heteroatoms. The van der Waals surface area contributed by atoms with Gasteiger partial charge in [0, 0.05) is 25.2 Å². The number of hydrazine groups is 1. The molecule has 1 aromatic heterocycles. The normalized spacial score (nSPS) is 12.2. The second-order valence-corrected chi connectivity index (χ2v) is 5.49. The Hall–Kier alpha value is -0.630. The Balaban J connectivity index is 2.95. The van der Waals surface area contributed by atoms with Gasteiger partial charge in [0.25, 0.3) is 10.0 Å². The van der Waals surface area contributed by atoms with Crippen LogP contribution in [0.15, 0.2) is 15.7 Å². The molecule has 0 bridgehead atoms. The van der Waals surface area contributed by atoms with Gasteiger partial charge in [0.1, 0.15) is 4.21 Å². The van der Waals surface area contributed by atoms with E-state index in [0.29, 0.717) is 5.69 Å². The average Bonchev–Trinajstić information content (AvgIpc) is 2.32. The molecule has 0 atom stereocenters. The number of nitrogens with one attached hydrogen (secondary N) is 1. The van der Waals surface area contributed by atoms with Gasteiger partial charge in [-0.05, 0) is 6.07 Å². The molecule has 3 N–H and O–H groups in total. The van der Waals surface area contributed by atoms with E-state index >= 15 is 0 Å². The summed E-state index contributed by atoms with van der Waals surface area (Å²) in [6.07, 6.45) is 0. The maximum atomic E-state index is 11.5. The molecule has 0 radical (unpaired) electrons. The summed E-state index contributed by atoms with van der Waals surface area (Å²) in [5.74, 6) is 0. The summed E-state index contributed by atoms with van der Waals surface area (Å²) in [5, 5.41) is 2.95. The van der Waals surface area contributed by atoms with Crippen molar-refractivity contribution >= 4 is 27.0 Å². The molecule has 0 aliphatic rings. The maximum absolute atomic E-state index is 11.5. The molecule has 0 amide bonds. The van der Waals surface area contributed by atoms with Gasteiger partial charge < -0.3 is 5.73 Å². The van der Waals surface area contributed by atoms with Crippen molar-refractivity contribution in [1.29, 1.82) is 0 Å². The molecule has 0 aliphatic heterocycles. The monoisotopic (exact) mass is 221 g/mol. The fourth-order valence-corrected chi connectivity index (χ4v) is 2.91. The van der Waals surface area contributed by atoms with Crippen LogP contribution in [0, 0.1) is 0 Å². The van der Waals surface area contributed by atoms with Crippen LogP contribution in [0.5, 0.6) is 0 Å². The second kappa shape index (κ2) is 3.62. The van der Waals surface area contributed by atoms with Crippen molar-refractivity contribution in [3.63, 3.8) is 0 Å². The highest BCUT2D eigenvalue weighted by atomic mass is 32.2. The van der Waals surface area contributed by atoms with E-state index in [-0.39, 0.29) is 4.21 Å². The molecule has 1 heterocycles. The number of thiophene rings is 1. The molecule has 1 rings (SSSR count). The van der Waals surface area contributed by atoms with Gasteiger partial charge in [0.2, 0.25) is 0 Å². The van der Waals surface area contributed by atoms with Crippen LogP contribution in [0.1, 0.15) is 0 Å². The second-order valence-electron chi connectivity index (χ2n) is 2.69. The van der Waals surface area contributed by atoms with Crippen LogP contribution in [-0.2, 0) is 10.0 Å². The van der Waals surface area contributed by atoms with Crippen molar-refractivity contribution in [1.82, 2.24) is 9.84 Å². The van der Waals surface area contributed by atoms with Crippen LogP contribution >= 0.6 is 11.3 Å². The van der Waals surface area contributed by atoms with Crippen LogP contribution in [0.2, 0.25) is 0 Å². The lowest BCUT2D eigenvalue weighted by atomic mass is 10.6. The van der Waals surface area contributed by atoms with Gasteiger partial charge in [-0.3, -0.25) is 0 Å². The molecular formula is C6H11N3O2S2. The van der Waals surface area contributed by atoms with E-state index in [2.05, 4.69) is 4.83 Å². The summed E-state index contributed by atoms with van der Waals surface area (Å²) >= 11 is 1.10. The van der Waals surface area contributed by atoms with Crippen molar-refractivity contribution in [3.05, 3.63) is 11.4 Å². The first-order chi connectivity index (χ1) is 5.92. The molecule has 5 nitrogen and oxygen atoms in total. The molecular weight excluding hydrogens is 210 g/mol. The summed E-state index contributed by atoms with van der Waals surface area (Å²) in [6, 6.07) is 1.43. The van der Waals surface area contributed by atoms with Gasteiger partial charge in [0.05, 0.1) is 0 Å². The Kier molecular flexibility index (Phi) is 2.91. The molecule has 0 aliphatic carbocycles. The fourth-order valence-electron chi connectivity index (χ4n) is 0.757. The van der Waals surface area contributed by atoms with Crippen molar-refractivity contribution in [2.24, 2.45) is 0 Å². The Labute approximate surface area is 81.2 Å². The van der Waals surface area contributed by atoms with E-state index in [1.807, 2.05) is 0 Å². The van der Waals surface area contributed by atoms with E-state index in [9.17, 15) is 8.42 Å². The largest absolute Gasteiger partial charge is 0.398 e.